The Bertz CT molecular complexity index is 1080. The van der Waals surface area contributed by atoms with E-state index in [-0.39, 0.29) is 31.5 Å². The van der Waals surface area contributed by atoms with Gasteiger partial charge in [0.05, 0.1) is 24.2 Å². The van der Waals surface area contributed by atoms with Crippen LogP contribution in [0.3, 0.4) is 0 Å². The minimum Gasteiger partial charge on any atom is -0.417 e. The van der Waals surface area contributed by atoms with Gasteiger partial charge in [-0.25, -0.2) is 14.6 Å². The third-order valence-electron chi connectivity index (χ3n) is 6.68. The number of nitriles is 2. The zero-order valence-electron chi connectivity index (χ0n) is 19.2. The second kappa shape index (κ2) is 10.1. The zero-order chi connectivity index (χ0) is 24.9. The first-order chi connectivity index (χ1) is 16.9. The van der Waals surface area contributed by atoms with Crippen LogP contribution >= 0.6 is 0 Å². The highest BCUT2D eigenvalue weighted by Crippen LogP contribution is 2.43. The van der Waals surface area contributed by atoms with E-state index in [4.69, 9.17) is 14.7 Å². The minimum absolute atomic E-state index is 0.00862. The molecule has 1 aliphatic carbocycles. The average Bonchev–Trinajstić information content (AvgIpc) is 3.24. The lowest BCUT2D eigenvalue weighted by Crippen LogP contribution is -2.72. The maximum absolute atomic E-state index is 13.3. The zero-order valence-corrected chi connectivity index (χ0v) is 19.2. The van der Waals surface area contributed by atoms with Gasteiger partial charge in [0.15, 0.2) is 0 Å². The number of nitrogens with zero attached hydrogens (tertiary/aromatic N) is 4. The van der Waals surface area contributed by atoms with Gasteiger partial charge in [-0.05, 0) is 37.8 Å². The second-order valence-electron chi connectivity index (χ2n) is 8.92. The summed E-state index contributed by atoms with van der Waals surface area (Å²) in [6.07, 6.45) is 6.84. The molecule has 1 unspecified atom stereocenters. The Morgan fingerprint density at radius 1 is 1.14 bits per heavy atom. The van der Waals surface area contributed by atoms with Crippen LogP contribution in [-0.2, 0) is 23.9 Å². The van der Waals surface area contributed by atoms with E-state index < -0.39 is 23.3 Å². The van der Waals surface area contributed by atoms with Crippen molar-refractivity contribution in [2.75, 3.05) is 25.0 Å². The van der Waals surface area contributed by atoms with Crippen molar-refractivity contribution in [1.82, 2.24) is 15.2 Å². The lowest BCUT2D eigenvalue weighted by Gasteiger charge is -2.50. The van der Waals surface area contributed by atoms with Crippen LogP contribution in [0.25, 0.3) is 0 Å². The summed E-state index contributed by atoms with van der Waals surface area (Å²) in [5.41, 5.74) is -0.903. The predicted molar refractivity (Wildman–Crippen MR) is 121 cm³/mol. The SMILES string of the molecule is N#Cc1ccc(NCC2(NC(=O)CN3CCC[C@H]3C#N)CCCCC23OC(=O)C=CC(=O)O3)nc1. The average molecular weight is 479 g/mol. The summed E-state index contributed by atoms with van der Waals surface area (Å²) in [5, 5.41) is 24.5. The molecule has 1 spiro atoms. The topological polar surface area (TPSA) is 157 Å². The second-order valence-corrected chi connectivity index (χ2v) is 8.92. The first-order valence-corrected chi connectivity index (χ1v) is 11.6. The molecule has 0 bridgehead atoms. The Morgan fingerprint density at radius 3 is 2.54 bits per heavy atom. The van der Waals surface area contributed by atoms with Gasteiger partial charge >= 0.3 is 11.9 Å². The van der Waals surface area contributed by atoms with E-state index in [0.717, 1.165) is 18.6 Å². The first kappa shape index (κ1) is 24.2. The lowest BCUT2D eigenvalue weighted by molar-refractivity contribution is -0.259. The lowest BCUT2D eigenvalue weighted by atomic mass is 9.75. The molecule has 2 fully saturated rings. The molecule has 2 aliphatic heterocycles. The Kier molecular flexibility index (Phi) is 6.99. The van der Waals surface area contributed by atoms with Crippen molar-refractivity contribution in [1.29, 1.82) is 10.5 Å². The molecule has 182 valence electrons. The molecule has 0 aromatic carbocycles. The summed E-state index contributed by atoms with van der Waals surface area (Å²) in [4.78, 5) is 44.1. The van der Waals surface area contributed by atoms with E-state index in [1.54, 1.807) is 17.0 Å². The fourth-order valence-electron chi connectivity index (χ4n) is 4.95. The van der Waals surface area contributed by atoms with Crippen LogP contribution in [0.1, 0.15) is 44.1 Å². The van der Waals surface area contributed by atoms with Gasteiger partial charge in [0.1, 0.15) is 17.4 Å². The molecule has 11 heteroatoms. The van der Waals surface area contributed by atoms with Gasteiger partial charge in [0, 0.05) is 37.9 Å². The largest absolute Gasteiger partial charge is 0.417 e. The van der Waals surface area contributed by atoms with E-state index in [9.17, 15) is 19.6 Å². The van der Waals surface area contributed by atoms with Gasteiger partial charge < -0.3 is 20.1 Å². The Hall–Kier alpha value is -3.96. The smallest absolute Gasteiger partial charge is 0.334 e. The normalized spacial score (nSPS) is 25.6. The van der Waals surface area contributed by atoms with Crippen LogP contribution in [0.15, 0.2) is 30.5 Å². The van der Waals surface area contributed by atoms with E-state index in [2.05, 4.69) is 21.7 Å². The summed E-state index contributed by atoms with van der Waals surface area (Å²) in [6, 6.07) is 7.11. The highest BCUT2D eigenvalue weighted by atomic mass is 16.7. The molecular formula is C24H26N6O5. The van der Waals surface area contributed by atoms with Crippen molar-refractivity contribution in [2.24, 2.45) is 0 Å². The first-order valence-electron chi connectivity index (χ1n) is 11.6. The number of esters is 2. The van der Waals surface area contributed by atoms with E-state index in [1.807, 2.05) is 6.07 Å². The van der Waals surface area contributed by atoms with Crippen LogP contribution in [-0.4, -0.2) is 64.7 Å². The molecule has 1 saturated heterocycles. The number of anilines is 1. The molecule has 11 nitrogen and oxygen atoms in total. The van der Waals surface area contributed by atoms with Crippen molar-refractivity contribution in [2.45, 2.75) is 55.9 Å². The molecule has 1 aromatic heterocycles. The van der Waals surface area contributed by atoms with Crippen LogP contribution in [0.5, 0.6) is 0 Å². The molecule has 3 aliphatic rings. The fourth-order valence-corrected chi connectivity index (χ4v) is 4.95. The Morgan fingerprint density at radius 2 is 1.89 bits per heavy atom. The van der Waals surface area contributed by atoms with Gasteiger partial charge in [-0.1, -0.05) is 6.42 Å². The van der Waals surface area contributed by atoms with Crippen LogP contribution in [0, 0.1) is 22.7 Å². The third-order valence-corrected chi connectivity index (χ3v) is 6.68. The summed E-state index contributed by atoms with van der Waals surface area (Å²) in [6.45, 7) is 0.663. The van der Waals surface area contributed by atoms with E-state index in [1.165, 1.54) is 6.20 Å². The summed E-state index contributed by atoms with van der Waals surface area (Å²) in [7, 11) is 0. The van der Waals surface area contributed by atoms with Crippen molar-refractivity contribution >= 4 is 23.7 Å². The summed E-state index contributed by atoms with van der Waals surface area (Å²) < 4.78 is 11.4. The van der Waals surface area contributed by atoms with Gasteiger partial charge in [0.25, 0.3) is 5.79 Å². The maximum atomic E-state index is 13.3. The van der Waals surface area contributed by atoms with Gasteiger partial charge in [-0.15, -0.1) is 0 Å². The van der Waals surface area contributed by atoms with Gasteiger partial charge in [0.2, 0.25) is 5.91 Å². The molecule has 2 N–H and O–H groups in total. The van der Waals surface area contributed by atoms with Crippen LogP contribution in [0.4, 0.5) is 5.82 Å². The van der Waals surface area contributed by atoms with Gasteiger partial charge in [-0.2, -0.15) is 10.5 Å². The fraction of sp³-hybridized carbons (Fsp3) is 0.500. The molecule has 4 rings (SSSR count). The van der Waals surface area contributed by atoms with Gasteiger partial charge in [-0.3, -0.25) is 9.69 Å². The number of carbonyl (C=O) groups is 3. The van der Waals surface area contributed by atoms with Crippen LogP contribution in [0.2, 0.25) is 0 Å². The molecule has 2 atom stereocenters. The highest BCUT2D eigenvalue weighted by molar-refractivity contribution is 5.93. The van der Waals surface area contributed by atoms with E-state index in [0.29, 0.717) is 43.6 Å². The van der Waals surface area contributed by atoms with Crippen molar-refractivity contribution in [3.63, 3.8) is 0 Å². The maximum Gasteiger partial charge on any atom is 0.334 e. The third kappa shape index (κ3) is 5.10. The number of rotatable bonds is 6. The molecule has 3 heterocycles. The monoisotopic (exact) mass is 478 g/mol. The summed E-state index contributed by atoms with van der Waals surface area (Å²) in [5.74, 6) is -3.13. The minimum atomic E-state index is -1.72. The number of nitrogens with one attached hydrogen (secondary N) is 2. The number of carbonyl (C=O) groups excluding carboxylic acids is 3. The predicted octanol–water partition coefficient (Wildman–Crippen LogP) is 1.13. The number of likely N-dealkylation sites (tertiary alicyclic amines) is 1. The number of ether oxygens (including phenoxy) is 2. The van der Waals surface area contributed by atoms with Crippen LogP contribution < -0.4 is 10.6 Å². The quantitative estimate of drug-likeness (QED) is 0.568. The molecule has 35 heavy (non-hydrogen) atoms. The van der Waals surface area contributed by atoms with Crippen molar-refractivity contribution < 1.29 is 23.9 Å². The van der Waals surface area contributed by atoms with Crippen molar-refractivity contribution in [3.05, 3.63) is 36.0 Å². The number of amides is 1. The van der Waals surface area contributed by atoms with Crippen molar-refractivity contribution in [3.8, 4) is 12.1 Å². The molecule has 1 aromatic rings. The highest BCUT2D eigenvalue weighted by Gasteiger charge is 2.60. The molecule has 1 saturated carbocycles. The molecule has 0 radical (unpaired) electrons. The van der Waals surface area contributed by atoms with E-state index >= 15 is 0 Å². The molecular weight excluding hydrogens is 452 g/mol. The number of pyridine rings is 1. The number of aromatic nitrogens is 1. The Labute approximate surface area is 202 Å². The number of hydrogen-bond acceptors (Lipinski definition) is 10. The molecule has 1 amide bonds. The standard InChI is InChI=1S/C24H26N6O5/c25-12-17-5-6-19(27-14-17)28-16-23(29-20(31)15-30-11-3-4-18(30)13-26)9-1-2-10-24(23)34-21(32)7-8-22(33)35-24/h5-8,14,18H,1-4,9-11,15-16H2,(H,27,28)(H,29,31)/t18-,23?/m0/s1. The number of hydrogen-bond donors (Lipinski definition) is 2. The Balaban J connectivity index is 1.63. The summed E-state index contributed by atoms with van der Waals surface area (Å²) >= 11 is 0.